The molecule has 0 aliphatic carbocycles. The van der Waals surface area contributed by atoms with Gasteiger partial charge in [0.05, 0.1) is 0 Å². The zero-order valence-electron chi connectivity index (χ0n) is 11.5. The molecule has 106 valence electrons. The van der Waals surface area contributed by atoms with Crippen molar-refractivity contribution in [1.29, 1.82) is 0 Å². The number of nitrogens with one attached hydrogen (secondary N) is 1. The number of halogens is 2. The highest BCUT2D eigenvalue weighted by atomic mass is 79.9. The Morgan fingerprint density at radius 2 is 1.85 bits per heavy atom. The van der Waals surface area contributed by atoms with E-state index >= 15 is 0 Å². The molecule has 0 saturated heterocycles. The number of hydrogen-bond donors (Lipinski definition) is 1. The van der Waals surface area contributed by atoms with Crippen LogP contribution in [0.5, 0.6) is 0 Å². The van der Waals surface area contributed by atoms with Crippen LogP contribution < -0.4 is 5.32 Å². The van der Waals surface area contributed by atoms with Crippen LogP contribution in [0.25, 0.3) is 10.8 Å². The van der Waals surface area contributed by atoms with Crippen LogP contribution in [0, 0.1) is 11.7 Å². The van der Waals surface area contributed by atoms with Gasteiger partial charge in [-0.15, -0.1) is 0 Å². The van der Waals surface area contributed by atoms with Crippen LogP contribution in [0.15, 0.2) is 36.4 Å². The predicted molar refractivity (Wildman–Crippen MR) is 83.8 cm³/mol. The Bertz CT molecular complexity index is 629. The van der Waals surface area contributed by atoms with E-state index in [1.54, 1.807) is 24.3 Å². The van der Waals surface area contributed by atoms with E-state index in [4.69, 9.17) is 0 Å². The molecule has 2 aromatic carbocycles. The van der Waals surface area contributed by atoms with Gasteiger partial charge in [0.25, 0.3) is 5.91 Å². The Labute approximate surface area is 126 Å². The number of rotatable bonds is 4. The number of hydrogen-bond acceptors (Lipinski definition) is 1. The molecule has 1 N–H and O–H groups in total. The van der Waals surface area contributed by atoms with E-state index in [-0.39, 0.29) is 17.8 Å². The Kier molecular flexibility index (Phi) is 4.76. The van der Waals surface area contributed by atoms with Gasteiger partial charge >= 0.3 is 0 Å². The van der Waals surface area contributed by atoms with Crippen molar-refractivity contribution < 1.29 is 9.18 Å². The second-order valence-corrected chi connectivity index (χ2v) is 5.68. The van der Waals surface area contributed by atoms with Crippen LogP contribution in [-0.2, 0) is 0 Å². The second-order valence-electron chi connectivity index (χ2n) is 5.03. The fourth-order valence-electron chi connectivity index (χ4n) is 2.02. The molecule has 0 radical (unpaired) electrons. The number of alkyl halides is 1. The summed E-state index contributed by atoms with van der Waals surface area (Å²) >= 11 is 3.41. The zero-order valence-corrected chi connectivity index (χ0v) is 13.1. The normalized spacial score (nSPS) is 14.0. The van der Waals surface area contributed by atoms with E-state index in [9.17, 15) is 9.18 Å². The fourth-order valence-corrected chi connectivity index (χ4v) is 2.58. The lowest BCUT2D eigenvalue weighted by atomic mass is 10.0. The number of carbonyl (C=O) groups excluding carboxylic acids is 1. The van der Waals surface area contributed by atoms with Gasteiger partial charge in [-0.2, -0.15) is 0 Å². The van der Waals surface area contributed by atoms with E-state index in [0.717, 1.165) is 5.33 Å². The molecule has 0 fully saturated rings. The maximum Gasteiger partial charge on any atom is 0.252 e. The molecule has 0 spiro atoms. The maximum absolute atomic E-state index is 13.7. The van der Waals surface area contributed by atoms with E-state index in [1.807, 2.05) is 13.0 Å². The Hall–Kier alpha value is -1.42. The lowest BCUT2D eigenvalue weighted by Gasteiger charge is -2.19. The SMILES string of the molecule is CC(CBr)C(C)NC(=O)c1ccc(F)c2ccccc12. The smallest absolute Gasteiger partial charge is 0.252 e. The summed E-state index contributed by atoms with van der Waals surface area (Å²) in [6, 6.07) is 9.96. The van der Waals surface area contributed by atoms with Gasteiger partial charge in [0.1, 0.15) is 5.82 Å². The van der Waals surface area contributed by atoms with Crippen molar-refractivity contribution in [3.05, 3.63) is 47.8 Å². The molecule has 0 aliphatic rings. The van der Waals surface area contributed by atoms with Crippen molar-refractivity contribution in [2.45, 2.75) is 19.9 Å². The first kappa shape index (κ1) is 15.0. The molecule has 0 aliphatic heterocycles. The predicted octanol–water partition coefficient (Wildman–Crippen LogP) is 4.13. The summed E-state index contributed by atoms with van der Waals surface area (Å²) in [4.78, 5) is 12.4. The standard InChI is InChI=1S/C16H17BrFNO/c1-10(9-17)11(2)19-16(20)14-7-8-15(18)13-6-4-3-5-12(13)14/h3-8,10-11H,9H2,1-2H3,(H,19,20). The van der Waals surface area contributed by atoms with Gasteiger partial charge in [0.15, 0.2) is 0 Å². The molecule has 1 amide bonds. The van der Waals surface area contributed by atoms with Crippen molar-refractivity contribution in [2.24, 2.45) is 5.92 Å². The third kappa shape index (κ3) is 3.01. The summed E-state index contributed by atoms with van der Waals surface area (Å²) in [6.45, 7) is 4.03. The molecule has 0 saturated carbocycles. The highest BCUT2D eigenvalue weighted by Crippen LogP contribution is 2.22. The van der Waals surface area contributed by atoms with Crippen LogP contribution in [0.2, 0.25) is 0 Å². The molecule has 20 heavy (non-hydrogen) atoms. The second kappa shape index (κ2) is 6.35. The van der Waals surface area contributed by atoms with Crippen LogP contribution in [0.3, 0.4) is 0 Å². The summed E-state index contributed by atoms with van der Waals surface area (Å²) in [5.74, 6) is -0.147. The van der Waals surface area contributed by atoms with Crippen molar-refractivity contribution >= 4 is 32.6 Å². The van der Waals surface area contributed by atoms with Gasteiger partial charge < -0.3 is 5.32 Å². The minimum absolute atomic E-state index is 0.0469. The van der Waals surface area contributed by atoms with Crippen LogP contribution in [0.4, 0.5) is 4.39 Å². The third-order valence-electron chi connectivity index (χ3n) is 3.57. The molecular weight excluding hydrogens is 321 g/mol. The number of fused-ring (bicyclic) bond motifs is 1. The van der Waals surface area contributed by atoms with Gasteiger partial charge in [-0.05, 0) is 30.4 Å². The van der Waals surface area contributed by atoms with Gasteiger partial charge in [0, 0.05) is 22.3 Å². The van der Waals surface area contributed by atoms with Gasteiger partial charge in [-0.3, -0.25) is 4.79 Å². The lowest BCUT2D eigenvalue weighted by Crippen LogP contribution is -2.37. The molecule has 2 aromatic rings. The molecule has 2 rings (SSSR count). The monoisotopic (exact) mass is 337 g/mol. The quantitative estimate of drug-likeness (QED) is 0.835. The number of benzene rings is 2. The first-order valence-corrected chi connectivity index (χ1v) is 7.70. The molecule has 2 atom stereocenters. The maximum atomic E-state index is 13.7. The molecule has 0 heterocycles. The fraction of sp³-hybridized carbons (Fsp3) is 0.312. The summed E-state index contributed by atoms with van der Waals surface area (Å²) in [5.41, 5.74) is 0.510. The van der Waals surface area contributed by atoms with Gasteiger partial charge in [-0.25, -0.2) is 4.39 Å². The highest BCUT2D eigenvalue weighted by molar-refractivity contribution is 9.09. The summed E-state index contributed by atoms with van der Waals surface area (Å²) in [7, 11) is 0. The first-order chi connectivity index (χ1) is 9.54. The van der Waals surface area contributed by atoms with Gasteiger partial charge in [-0.1, -0.05) is 47.1 Å². The molecule has 0 bridgehead atoms. The number of amides is 1. The lowest BCUT2D eigenvalue weighted by molar-refractivity contribution is 0.0933. The van der Waals surface area contributed by atoms with Crippen molar-refractivity contribution in [3.63, 3.8) is 0 Å². The zero-order chi connectivity index (χ0) is 14.7. The van der Waals surface area contributed by atoms with E-state index < -0.39 is 0 Å². The average molecular weight is 338 g/mol. The van der Waals surface area contributed by atoms with E-state index in [1.165, 1.54) is 6.07 Å². The van der Waals surface area contributed by atoms with Gasteiger partial charge in [0.2, 0.25) is 0 Å². The average Bonchev–Trinajstić information content (AvgIpc) is 2.46. The Balaban J connectivity index is 2.34. The van der Waals surface area contributed by atoms with E-state index in [0.29, 0.717) is 22.3 Å². The van der Waals surface area contributed by atoms with Crippen LogP contribution >= 0.6 is 15.9 Å². The van der Waals surface area contributed by atoms with Crippen molar-refractivity contribution in [1.82, 2.24) is 5.32 Å². The summed E-state index contributed by atoms with van der Waals surface area (Å²) < 4.78 is 13.7. The summed E-state index contributed by atoms with van der Waals surface area (Å²) in [6.07, 6.45) is 0. The van der Waals surface area contributed by atoms with Crippen LogP contribution in [0.1, 0.15) is 24.2 Å². The largest absolute Gasteiger partial charge is 0.349 e. The molecule has 2 unspecified atom stereocenters. The number of carbonyl (C=O) groups is 1. The Morgan fingerprint density at radius 3 is 2.50 bits per heavy atom. The highest BCUT2D eigenvalue weighted by Gasteiger charge is 2.17. The topological polar surface area (TPSA) is 29.1 Å². The van der Waals surface area contributed by atoms with Crippen LogP contribution in [-0.4, -0.2) is 17.3 Å². The summed E-state index contributed by atoms with van der Waals surface area (Å²) in [5, 5.41) is 4.90. The third-order valence-corrected chi connectivity index (χ3v) is 4.59. The first-order valence-electron chi connectivity index (χ1n) is 6.58. The molecule has 2 nitrogen and oxygen atoms in total. The minimum Gasteiger partial charge on any atom is -0.349 e. The molecule has 4 heteroatoms. The van der Waals surface area contributed by atoms with E-state index in [2.05, 4.69) is 28.2 Å². The Morgan fingerprint density at radius 1 is 1.20 bits per heavy atom. The molecule has 0 aromatic heterocycles. The molecular formula is C16H17BrFNO. The van der Waals surface area contributed by atoms with Crippen molar-refractivity contribution in [3.8, 4) is 0 Å². The van der Waals surface area contributed by atoms with Crippen molar-refractivity contribution in [2.75, 3.05) is 5.33 Å². The minimum atomic E-state index is -0.306.